The van der Waals surface area contributed by atoms with Crippen LogP contribution >= 0.6 is 31.9 Å². The molecule has 0 fully saturated rings. The lowest BCUT2D eigenvalue weighted by atomic mass is 10.0. The van der Waals surface area contributed by atoms with Crippen molar-refractivity contribution < 1.29 is 4.74 Å². The van der Waals surface area contributed by atoms with Gasteiger partial charge in [0.15, 0.2) is 0 Å². The van der Waals surface area contributed by atoms with Crippen LogP contribution in [-0.4, -0.2) is 6.61 Å². The summed E-state index contributed by atoms with van der Waals surface area (Å²) in [5, 5.41) is 0. The Bertz CT molecular complexity index is 564. The predicted molar refractivity (Wildman–Crippen MR) is 91.9 cm³/mol. The molecule has 0 aliphatic rings. The van der Waals surface area contributed by atoms with Gasteiger partial charge in [0.1, 0.15) is 5.75 Å². The van der Waals surface area contributed by atoms with E-state index in [2.05, 4.69) is 69.1 Å². The Hall–Kier alpha value is -0.800. The van der Waals surface area contributed by atoms with Gasteiger partial charge in [-0.15, -0.1) is 0 Å². The summed E-state index contributed by atoms with van der Waals surface area (Å²) in [6.07, 6.45) is 1.06. The molecule has 0 bridgehead atoms. The quantitative estimate of drug-likeness (QED) is 0.571. The molecule has 0 heterocycles. The van der Waals surface area contributed by atoms with Gasteiger partial charge in [-0.2, -0.15) is 0 Å². The molecule has 0 N–H and O–H groups in total. The molecule has 0 aliphatic heterocycles. The van der Waals surface area contributed by atoms with E-state index in [9.17, 15) is 0 Å². The Morgan fingerprint density at radius 3 is 2.35 bits per heavy atom. The smallest absolute Gasteiger partial charge is 0.124 e. The number of rotatable bonds is 5. The Kier molecular flexibility index (Phi) is 5.67. The van der Waals surface area contributed by atoms with Crippen LogP contribution in [0.3, 0.4) is 0 Å². The highest BCUT2D eigenvalue weighted by molar-refractivity contribution is 9.10. The second-order valence-corrected chi connectivity index (χ2v) is 6.40. The van der Waals surface area contributed by atoms with Gasteiger partial charge in [-0.05, 0) is 42.7 Å². The van der Waals surface area contributed by atoms with E-state index in [0.29, 0.717) is 6.61 Å². The van der Waals surface area contributed by atoms with E-state index >= 15 is 0 Å². The predicted octanol–water partition coefficient (Wildman–Crippen LogP) is 5.89. The van der Waals surface area contributed by atoms with Crippen molar-refractivity contribution in [3.63, 3.8) is 0 Å². The average Bonchev–Trinajstić information content (AvgIpc) is 2.48. The fraction of sp³-hybridized carbons (Fsp3) is 0.294. The highest BCUT2D eigenvalue weighted by Crippen LogP contribution is 2.38. The van der Waals surface area contributed by atoms with Crippen LogP contribution in [0.25, 0.3) is 0 Å². The number of ether oxygens (including phenoxy) is 1. The van der Waals surface area contributed by atoms with Crippen molar-refractivity contribution in [2.45, 2.75) is 25.1 Å². The highest BCUT2D eigenvalue weighted by Gasteiger charge is 2.16. The Morgan fingerprint density at radius 1 is 1.05 bits per heavy atom. The minimum Gasteiger partial charge on any atom is -0.494 e. The molecule has 1 nitrogen and oxygen atoms in total. The molecule has 0 spiro atoms. The minimum atomic E-state index is 0.132. The van der Waals surface area contributed by atoms with Crippen LogP contribution in [0.4, 0.5) is 0 Å². The molecule has 0 amide bonds. The maximum absolute atomic E-state index is 5.73. The topological polar surface area (TPSA) is 9.23 Å². The maximum atomic E-state index is 5.73. The molecule has 0 radical (unpaired) electrons. The highest BCUT2D eigenvalue weighted by atomic mass is 79.9. The SMILES string of the molecule is CCOc1ccc(Br)cc1C(Br)c1ccc(CC)cc1. The number of hydrogen-bond acceptors (Lipinski definition) is 1. The fourth-order valence-electron chi connectivity index (χ4n) is 2.11. The molecule has 1 unspecified atom stereocenters. The summed E-state index contributed by atoms with van der Waals surface area (Å²) < 4.78 is 6.79. The molecular formula is C17H18Br2O. The zero-order valence-corrected chi connectivity index (χ0v) is 14.9. The van der Waals surface area contributed by atoms with Crippen molar-refractivity contribution in [1.29, 1.82) is 0 Å². The monoisotopic (exact) mass is 396 g/mol. The van der Waals surface area contributed by atoms with Gasteiger partial charge < -0.3 is 4.74 Å². The van der Waals surface area contributed by atoms with Gasteiger partial charge in [-0.3, -0.25) is 0 Å². The Morgan fingerprint density at radius 2 is 1.75 bits per heavy atom. The van der Waals surface area contributed by atoms with Crippen LogP contribution < -0.4 is 4.74 Å². The molecule has 20 heavy (non-hydrogen) atoms. The summed E-state index contributed by atoms with van der Waals surface area (Å²) in [7, 11) is 0. The lowest BCUT2D eigenvalue weighted by molar-refractivity contribution is 0.337. The van der Waals surface area contributed by atoms with Crippen LogP contribution in [-0.2, 0) is 6.42 Å². The number of hydrogen-bond donors (Lipinski definition) is 0. The molecule has 0 aromatic heterocycles. The molecule has 2 aromatic carbocycles. The van der Waals surface area contributed by atoms with Crippen molar-refractivity contribution in [3.8, 4) is 5.75 Å². The fourth-order valence-corrected chi connectivity index (χ4v) is 3.15. The number of halogens is 2. The van der Waals surface area contributed by atoms with Gasteiger partial charge in [-0.25, -0.2) is 0 Å². The van der Waals surface area contributed by atoms with Gasteiger partial charge in [0, 0.05) is 10.0 Å². The van der Waals surface area contributed by atoms with Crippen molar-refractivity contribution in [2.75, 3.05) is 6.61 Å². The zero-order valence-electron chi connectivity index (χ0n) is 11.7. The van der Waals surface area contributed by atoms with E-state index in [-0.39, 0.29) is 4.83 Å². The van der Waals surface area contributed by atoms with Crippen LogP contribution in [0.15, 0.2) is 46.9 Å². The summed E-state index contributed by atoms with van der Waals surface area (Å²) in [6.45, 7) is 4.84. The van der Waals surface area contributed by atoms with Crippen molar-refractivity contribution in [1.82, 2.24) is 0 Å². The first-order valence-electron chi connectivity index (χ1n) is 6.80. The molecule has 3 heteroatoms. The lowest BCUT2D eigenvalue weighted by Gasteiger charge is -2.16. The first kappa shape index (κ1) is 15.6. The normalized spacial score (nSPS) is 12.2. The number of alkyl halides is 1. The number of benzene rings is 2. The summed E-state index contributed by atoms with van der Waals surface area (Å²) in [6, 6.07) is 14.8. The van der Waals surface area contributed by atoms with Gasteiger partial charge in [0.2, 0.25) is 0 Å². The van der Waals surface area contributed by atoms with Gasteiger partial charge in [-0.1, -0.05) is 63.0 Å². The molecule has 2 aromatic rings. The van der Waals surface area contributed by atoms with E-state index in [1.807, 2.05) is 19.1 Å². The molecule has 1 atom stereocenters. The molecule has 0 aliphatic carbocycles. The van der Waals surface area contributed by atoms with E-state index in [4.69, 9.17) is 4.74 Å². The van der Waals surface area contributed by atoms with Gasteiger partial charge in [0.25, 0.3) is 0 Å². The van der Waals surface area contributed by atoms with E-state index < -0.39 is 0 Å². The summed E-state index contributed by atoms with van der Waals surface area (Å²) >= 11 is 7.33. The van der Waals surface area contributed by atoms with Gasteiger partial charge >= 0.3 is 0 Å². The zero-order chi connectivity index (χ0) is 14.5. The first-order chi connectivity index (χ1) is 9.65. The third-order valence-electron chi connectivity index (χ3n) is 3.23. The van der Waals surface area contributed by atoms with Gasteiger partial charge in [0.05, 0.1) is 11.4 Å². The van der Waals surface area contributed by atoms with Crippen LogP contribution in [0.1, 0.15) is 35.4 Å². The minimum absolute atomic E-state index is 0.132. The second-order valence-electron chi connectivity index (χ2n) is 4.57. The summed E-state index contributed by atoms with van der Waals surface area (Å²) in [4.78, 5) is 0.132. The van der Waals surface area contributed by atoms with Crippen LogP contribution in [0.5, 0.6) is 5.75 Å². The summed E-state index contributed by atoms with van der Waals surface area (Å²) in [5.41, 5.74) is 3.74. The third-order valence-corrected chi connectivity index (χ3v) is 4.74. The van der Waals surface area contributed by atoms with Crippen molar-refractivity contribution >= 4 is 31.9 Å². The van der Waals surface area contributed by atoms with Crippen molar-refractivity contribution in [2.24, 2.45) is 0 Å². The third kappa shape index (κ3) is 3.64. The van der Waals surface area contributed by atoms with Crippen LogP contribution in [0.2, 0.25) is 0 Å². The first-order valence-corrected chi connectivity index (χ1v) is 8.51. The molecule has 0 saturated carbocycles. The average molecular weight is 398 g/mol. The van der Waals surface area contributed by atoms with Crippen LogP contribution in [0, 0.1) is 0 Å². The largest absolute Gasteiger partial charge is 0.494 e. The molecule has 0 saturated heterocycles. The van der Waals surface area contributed by atoms with E-state index in [1.165, 1.54) is 11.1 Å². The second kappa shape index (κ2) is 7.28. The molecule has 2 rings (SSSR count). The lowest BCUT2D eigenvalue weighted by Crippen LogP contribution is -2.00. The Labute approximate surface area is 137 Å². The molecular weight excluding hydrogens is 380 g/mol. The van der Waals surface area contributed by atoms with E-state index in [0.717, 1.165) is 22.2 Å². The maximum Gasteiger partial charge on any atom is 0.124 e. The number of aryl methyl sites for hydroxylation is 1. The Balaban J connectivity index is 2.35. The molecule has 106 valence electrons. The van der Waals surface area contributed by atoms with E-state index in [1.54, 1.807) is 0 Å². The standard InChI is InChI=1S/C17H18Br2O/c1-3-12-5-7-13(8-6-12)17(19)15-11-14(18)9-10-16(15)20-4-2/h5-11,17H,3-4H2,1-2H3. The van der Waals surface area contributed by atoms with Crippen molar-refractivity contribution in [3.05, 3.63) is 63.6 Å². The summed E-state index contributed by atoms with van der Waals surface area (Å²) in [5.74, 6) is 0.928.